The Morgan fingerprint density at radius 1 is 1.10 bits per heavy atom. The largest absolute Gasteiger partial charge is 0.399 e. The van der Waals surface area contributed by atoms with Crippen LogP contribution in [-0.2, 0) is 0 Å². The summed E-state index contributed by atoms with van der Waals surface area (Å²) >= 11 is 3.12. The van der Waals surface area contributed by atoms with Gasteiger partial charge in [-0.1, -0.05) is 0 Å². The van der Waals surface area contributed by atoms with Gasteiger partial charge in [-0.3, -0.25) is 0 Å². The summed E-state index contributed by atoms with van der Waals surface area (Å²) in [5, 5.41) is 3.86. The average molecular weight is 333 g/mol. The minimum Gasteiger partial charge on any atom is -0.399 e. The van der Waals surface area contributed by atoms with Crippen LogP contribution in [0.5, 0.6) is 0 Å². The molecule has 0 bridgehead atoms. The van der Waals surface area contributed by atoms with Crippen molar-refractivity contribution < 1.29 is 4.39 Å². The van der Waals surface area contributed by atoms with Crippen molar-refractivity contribution in [1.82, 2.24) is 9.97 Å². The molecule has 0 radical (unpaired) electrons. The van der Waals surface area contributed by atoms with Gasteiger partial charge in [-0.15, -0.1) is 0 Å². The zero-order valence-electron chi connectivity index (χ0n) is 10.3. The Kier molecular flexibility index (Phi) is 3.23. The van der Waals surface area contributed by atoms with E-state index in [-0.39, 0.29) is 5.82 Å². The fourth-order valence-electron chi connectivity index (χ4n) is 1.88. The van der Waals surface area contributed by atoms with Crippen molar-refractivity contribution in [1.29, 1.82) is 0 Å². The van der Waals surface area contributed by atoms with E-state index in [1.165, 1.54) is 12.4 Å². The predicted octanol–water partition coefficient (Wildman–Crippen LogP) is 3.86. The smallest absolute Gasteiger partial charge is 0.141 e. The molecule has 3 rings (SSSR count). The lowest BCUT2D eigenvalue weighted by Gasteiger charge is -2.09. The molecule has 20 heavy (non-hydrogen) atoms. The molecule has 2 aromatic carbocycles. The van der Waals surface area contributed by atoms with Gasteiger partial charge < -0.3 is 11.1 Å². The number of nitrogens with zero attached hydrogens (tertiary/aromatic N) is 2. The fraction of sp³-hybridized carbons (Fsp3) is 0. The van der Waals surface area contributed by atoms with Gasteiger partial charge in [0.15, 0.2) is 0 Å². The number of benzene rings is 2. The third-order valence-corrected chi connectivity index (χ3v) is 3.48. The quantitative estimate of drug-likeness (QED) is 0.699. The number of hydrogen-bond donors (Lipinski definition) is 2. The van der Waals surface area contributed by atoms with Crippen LogP contribution in [0.15, 0.2) is 47.2 Å². The van der Waals surface area contributed by atoms with Gasteiger partial charge in [0.25, 0.3) is 0 Å². The van der Waals surface area contributed by atoms with E-state index in [9.17, 15) is 4.39 Å². The van der Waals surface area contributed by atoms with Gasteiger partial charge in [0, 0.05) is 16.8 Å². The molecule has 0 amide bonds. The second-order valence-corrected chi connectivity index (χ2v) is 5.11. The third-order valence-electron chi connectivity index (χ3n) is 2.84. The Morgan fingerprint density at radius 2 is 1.95 bits per heavy atom. The van der Waals surface area contributed by atoms with E-state index < -0.39 is 0 Å². The van der Waals surface area contributed by atoms with E-state index in [2.05, 4.69) is 31.2 Å². The molecule has 1 heterocycles. The molecule has 0 atom stereocenters. The van der Waals surface area contributed by atoms with Crippen molar-refractivity contribution in [3.8, 4) is 0 Å². The Bertz CT molecular complexity index is 791. The van der Waals surface area contributed by atoms with Gasteiger partial charge >= 0.3 is 0 Å². The number of fused-ring (bicyclic) bond motifs is 1. The van der Waals surface area contributed by atoms with E-state index >= 15 is 0 Å². The van der Waals surface area contributed by atoms with Crippen LogP contribution < -0.4 is 11.1 Å². The lowest BCUT2D eigenvalue weighted by atomic mass is 10.2. The molecule has 100 valence electrons. The first-order valence-corrected chi connectivity index (χ1v) is 6.65. The van der Waals surface area contributed by atoms with Crippen molar-refractivity contribution in [2.75, 3.05) is 11.1 Å². The minimum absolute atomic E-state index is 0.340. The summed E-state index contributed by atoms with van der Waals surface area (Å²) in [6, 6.07) is 10.2. The lowest BCUT2D eigenvalue weighted by Crippen LogP contribution is -1.97. The Balaban J connectivity index is 2.05. The molecule has 0 unspecified atom stereocenters. The van der Waals surface area contributed by atoms with E-state index in [0.29, 0.717) is 21.7 Å². The third kappa shape index (κ3) is 2.42. The van der Waals surface area contributed by atoms with Crippen molar-refractivity contribution in [3.05, 3.63) is 53.0 Å². The first-order chi connectivity index (χ1) is 9.63. The molecule has 1 aromatic heterocycles. The van der Waals surface area contributed by atoms with Crippen molar-refractivity contribution in [2.24, 2.45) is 0 Å². The van der Waals surface area contributed by atoms with E-state index in [1.807, 2.05) is 6.07 Å². The van der Waals surface area contributed by atoms with Crippen LogP contribution in [0, 0.1) is 5.82 Å². The monoisotopic (exact) mass is 332 g/mol. The zero-order valence-corrected chi connectivity index (χ0v) is 11.9. The van der Waals surface area contributed by atoms with Crippen LogP contribution in [0.1, 0.15) is 0 Å². The van der Waals surface area contributed by atoms with Crippen LogP contribution in [0.25, 0.3) is 10.9 Å². The fourth-order valence-corrected chi connectivity index (χ4v) is 2.13. The van der Waals surface area contributed by atoms with Crippen LogP contribution in [0.3, 0.4) is 0 Å². The number of anilines is 3. The molecule has 0 spiro atoms. The molecule has 0 saturated heterocycles. The Morgan fingerprint density at radius 3 is 2.75 bits per heavy atom. The Labute approximate surface area is 123 Å². The molecule has 4 nitrogen and oxygen atoms in total. The second-order valence-electron chi connectivity index (χ2n) is 4.25. The molecule has 0 aliphatic carbocycles. The summed E-state index contributed by atoms with van der Waals surface area (Å²) < 4.78 is 13.9. The number of hydrogen-bond acceptors (Lipinski definition) is 4. The highest BCUT2D eigenvalue weighted by molar-refractivity contribution is 9.10. The number of halogens is 2. The standard InChI is InChI=1S/C14H10BrFN4/c15-11-3-2-9(6-12(11)16)20-14-10-5-8(17)1-4-13(10)18-7-19-14/h1-7H,17H2,(H,18,19,20). The van der Waals surface area contributed by atoms with Crippen molar-refractivity contribution in [2.45, 2.75) is 0 Å². The average Bonchev–Trinajstić information content (AvgIpc) is 2.44. The minimum atomic E-state index is -0.340. The molecule has 6 heteroatoms. The van der Waals surface area contributed by atoms with Gasteiger partial charge in [-0.2, -0.15) is 0 Å². The molecular weight excluding hydrogens is 323 g/mol. The van der Waals surface area contributed by atoms with Crippen LogP contribution in [-0.4, -0.2) is 9.97 Å². The topological polar surface area (TPSA) is 63.8 Å². The highest BCUT2D eigenvalue weighted by Gasteiger charge is 2.06. The lowest BCUT2D eigenvalue weighted by molar-refractivity contribution is 0.622. The summed E-state index contributed by atoms with van der Waals surface area (Å²) in [5.41, 5.74) is 7.78. The summed E-state index contributed by atoms with van der Waals surface area (Å²) in [7, 11) is 0. The second kappa shape index (κ2) is 5.05. The molecule has 0 aliphatic rings. The number of rotatable bonds is 2. The summed E-state index contributed by atoms with van der Waals surface area (Å²) in [5.74, 6) is 0.247. The number of aromatic nitrogens is 2. The van der Waals surface area contributed by atoms with Crippen molar-refractivity contribution in [3.63, 3.8) is 0 Å². The van der Waals surface area contributed by atoms with Gasteiger partial charge in [-0.05, 0) is 52.3 Å². The van der Waals surface area contributed by atoms with Crippen LogP contribution in [0.2, 0.25) is 0 Å². The van der Waals surface area contributed by atoms with E-state index in [1.54, 1.807) is 24.3 Å². The molecule has 3 N–H and O–H groups in total. The molecule has 3 aromatic rings. The zero-order chi connectivity index (χ0) is 14.1. The molecule has 0 saturated carbocycles. The number of nitrogens with one attached hydrogen (secondary N) is 1. The van der Waals surface area contributed by atoms with E-state index in [4.69, 9.17) is 5.73 Å². The molecular formula is C14H10BrFN4. The maximum Gasteiger partial charge on any atom is 0.141 e. The number of nitrogen functional groups attached to an aromatic ring is 1. The van der Waals surface area contributed by atoms with E-state index in [0.717, 1.165) is 10.9 Å². The summed E-state index contributed by atoms with van der Waals surface area (Å²) in [6.45, 7) is 0. The Hall–Kier alpha value is -2.21. The highest BCUT2D eigenvalue weighted by Crippen LogP contribution is 2.26. The molecule has 0 aliphatic heterocycles. The molecule has 0 fully saturated rings. The number of nitrogens with two attached hydrogens (primary N) is 1. The summed E-state index contributed by atoms with van der Waals surface area (Å²) in [4.78, 5) is 8.35. The summed E-state index contributed by atoms with van der Waals surface area (Å²) in [6.07, 6.45) is 1.45. The maximum absolute atomic E-state index is 13.5. The highest BCUT2D eigenvalue weighted by atomic mass is 79.9. The first kappa shape index (κ1) is 12.8. The van der Waals surface area contributed by atoms with Gasteiger partial charge in [-0.25, -0.2) is 14.4 Å². The van der Waals surface area contributed by atoms with Crippen molar-refractivity contribution >= 4 is 44.0 Å². The maximum atomic E-state index is 13.5. The first-order valence-electron chi connectivity index (χ1n) is 5.86. The SMILES string of the molecule is Nc1ccc2ncnc(Nc3ccc(Br)c(F)c3)c2c1. The van der Waals surface area contributed by atoms with Gasteiger partial charge in [0.1, 0.15) is 18.0 Å². The normalized spacial score (nSPS) is 10.7. The van der Waals surface area contributed by atoms with Gasteiger partial charge in [0.05, 0.1) is 9.99 Å². The van der Waals surface area contributed by atoms with Crippen LogP contribution >= 0.6 is 15.9 Å². The van der Waals surface area contributed by atoms with Crippen LogP contribution in [0.4, 0.5) is 21.6 Å². The van der Waals surface area contributed by atoms with Gasteiger partial charge in [0.2, 0.25) is 0 Å². The predicted molar refractivity (Wildman–Crippen MR) is 81.3 cm³/mol.